The normalized spacial score (nSPS) is 24.0. The molecule has 1 aromatic carbocycles. The number of carbonyl (C=O) groups excluding carboxylic acids is 2. The van der Waals surface area contributed by atoms with Crippen molar-refractivity contribution < 1.29 is 9.59 Å². The minimum Gasteiger partial charge on any atom is -0.342 e. The molecule has 0 aromatic heterocycles. The lowest BCUT2D eigenvalue weighted by molar-refractivity contribution is -0.133. The summed E-state index contributed by atoms with van der Waals surface area (Å²) in [5.74, 6) is 1.58. The zero-order valence-electron chi connectivity index (χ0n) is 19.5. The number of amides is 2. The SMILES string of the molecule is O=C(c1ccc(CC2CCN(C(=O)C3CC3)CC2)cc1)N1CCC(N2CCCCC2)CC1. The van der Waals surface area contributed by atoms with Crippen LogP contribution in [0.3, 0.4) is 0 Å². The van der Waals surface area contributed by atoms with E-state index in [-0.39, 0.29) is 5.91 Å². The fourth-order valence-electron chi connectivity index (χ4n) is 5.96. The Labute approximate surface area is 193 Å². The molecule has 1 saturated carbocycles. The fourth-order valence-corrected chi connectivity index (χ4v) is 5.96. The van der Waals surface area contributed by atoms with Crippen molar-refractivity contribution in [2.45, 2.75) is 70.3 Å². The maximum Gasteiger partial charge on any atom is 0.253 e. The van der Waals surface area contributed by atoms with Gasteiger partial charge in [0.1, 0.15) is 0 Å². The maximum absolute atomic E-state index is 13.0. The highest BCUT2D eigenvalue weighted by atomic mass is 16.2. The molecular weight excluding hydrogens is 398 g/mol. The summed E-state index contributed by atoms with van der Waals surface area (Å²) in [6, 6.07) is 9.03. The highest BCUT2D eigenvalue weighted by Crippen LogP contribution is 2.33. The van der Waals surface area contributed by atoms with Crippen molar-refractivity contribution >= 4 is 11.8 Å². The lowest BCUT2D eigenvalue weighted by atomic mass is 9.89. The lowest BCUT2D eigenvalue weighted by Crippen LogP contribution is -2.48. The molecule has 3 saturated heterocycles. The number of piperidine rings is 3. The number of carbonyl (C=O) groups is 2. The second kappa shape index (κ2) is 9.94. The van der Waals surface area contributed by atoms with Crippen molar-refractivity contribution in [3.05, 3.63) is 35.4 Å². The molecule has 0 N–H and O–H groups in total. The van der Waals surface area contributed by atoms with Crippen molar-refractivity contribution in [1.82, 2.24) is 14.7 Å². The Morgan fingerprint density at radius 1 is 0.719 bits per heavy atom. The Morgan fingerprint density at radius 2 is 1.34 bits per heavy atom. The van der Waals surface area contributed by atoms with Crippen molar-refractivity contribution in [2.24, 2.45) is 11.8 Å². The number of benzene rings is 1. The van der Waals surface area contributed by atoms with Gasteiger partial charge in [0.05, 0.1) is 0 Å². The predicted molar refractivity (Wildman–Crippen MR) is 127 cm³/mol. The van der Waals surface area contributed by atoms with Crippen LogP contribution in [-0.2, 0) is 11.2 Å². The molecular formula is C27H39N3O2. The molecule has 5 heteroatoms. The monoisotopic (exact) mass is 437 g/mol. The van der Waals surface area contributed by atoms with Crippen LogP contribution in [-0.4, -0.2) is 71.8 Å². The number of rotatable bonds is 5. The molecule has 2 amide bonds. The van der Waals surface area contributed by atoms with E-state index in [0.29, 0.717) is 23.8 Å². The molecule has 0 spiro atoms. The van der Waals surface area contributed by atoms with Crippen molar-refractivity contribution in [3.8, 4) is 0 Å². The fraction of sp³-hybridized carbons (Fsp3) is 0.704. The molecule has 174 valence electrons. The molecule has 5 rings (SSSR count). The average molecular weight is 438 g/mol. The molecule has 3 heterocycles. The van der Waals surface area contributed by atoms with Crippen LogP contribution in [0, 0.1) is 11.8 Å². The summed E-state index contributed by atoms with van der Waals surface area (Å²) in [5, 5.41) is 0. The summed E-state index contributed by atoms with van der Waals surface area (Å²) in [7, 11) is 0. The van der Waals surface area contributed by atoms with Gasteiger partial charge in [-0.3, -0.25) is 9.59 Å². The predicted octanol–water partition coefficient (Wildman–Crippen LogP) is 3.97. The molecule has 1 aliphatic carbocycles. The van der Waals surface area contributed by atoms with Crippen LogP contribution in [0.15, 0.2) is 24.3 Å². The Morgan fingerprint density at radius 3 is 1.97 bits per heavy atom. The van der Waals surface area contributed by atoms with Crippen molar-refractivity contribution in [3.63, 3.8) is 0 Å². The van der Waals surface area contributed by atoms with Crippen LogP contribution in [0.5, 0.6) is 0 Å². The first-order chi connectivity index (χ1) is 15.7. The molecule has 0 bridgehead atoms. The summed E-state index contributed by atoms with van der Waals surface area (Å²) in [4.78, 5) is 32.1. The largest absolute Gasteiger partial charge is 0.342 e. The molecule has 1 aromatic rings. The van der Waals surface area contributed by atoms with Crippen LogP contribution in [0.25, 0.3) is 0 Å². The van der Waals surface area contributed by atoms with E-state index in [0.717, 1.165) is 76.7 Å². The van der Waals surface area contributed by atoms with Crippen molar-refractivity contribution in [2.75, 3.05) is 39.3 Å². The number of hydrogen-bond acceptors (Lipinski definition) is 3. The standard InChI is InChI=1S/C27H39N3O2/c31-26(30-18-12-25(13-19-30)28-14-2-1-3-15-28)23-6-4-21(5-7-23)20-22-10-16-29(17-11-22)27(32)24-8-9-24/h4-7,22,24-25H,1-3,8-20H2. The third kappa shape index (κ3) is 5.19. The smallest absolute Gasteiger partial charge is 0.253 e. The highest BCUT2D eigenvalue weighted by Gasteiger charge is 2.35. The summed E-state index contributed by atoms with van der Waals surface area (Å²) in [6.45, 7) is 6.11. The molecule has 3 aliphatic heterocycles. The van der Waals surface area contributed by atoms with Gasteiger partial charge in [-0.25, -0.2) is 0 Å². The Bertz CT molecular complexity index is 782. The first-order valence-electron chi connectivity index (χ1n) is 13.1. The van der Waals surface area contributed by atoms with Gasteiger partial charge in [0.2, 0.25) is 5.91 Å². The molecule has 32 heavy (non-hydrogen) atoms. The Kier molecular flexibility index (Phi) is 6.82. The van der Waals surface area contributed by atoms with Gasteiger partial charge in [0, 0.05) is 43.7 Å². The zero-order valence-corrected chi connectivity index (χ0v) is 19.5. The molecule has 0 unspecified atom stereocenters. The lowest BCUT2D eigenvalue weighted by Gasteiger charge is -2.40. The Hall–Kier alpha value is -1.88. The van der Waals surface area contributed by atoms with E-state index in [1.54, 1.807) is 0 Å². The van der Waals surface area contributed by atoms with E-state index in [4.69, 9.17) is 0 Å². The zero-order chi connectivity index (χ0) is 21.9. The van der Waals surface area contributed by atoms with Gasteiger partial charge < -0.3 is 14.7 Å². The van der Waals surface area contributed by atoms with Gasteiger partial charge in [0.25, 0.3) is 5.91 Å². The molecule has 4 fully saturated rings. The minimum absolute atomic E-state index is 0.195. The third-order valence-electron chi connectivity index (χ3n) is 8.24. The molecule has 4 aliphatic rings. The topological polar surface area (TPSA) is 43.9 Å². The third-order valence-corrected chi connectivity index (χ3v) is 8.24. The van der Waals surface area contributed by atoms with Gasteiger partial charge in [-0.1, -0.05) is 18.6 Å². The van der Waals surface area contributed by atoms with Gasteiger partial charge >= 0.3 is 0 Å². The highest BCUT2D eigenvalue weighted by molar-refractivity contribution is 5.94. The van der Waals surface area contributed by atoms with E-state index in [1.165, 1.54) is 37.9 Å². The second-order valence-electron chi connectivity index (χ2n) is 10.6. The van der Waals surface area contributed by atoms with Gasteiger partial charge in [-0.15, -0.1) is 0 Å². The summed E-state index contributed by atoms with van der Waals surface area (Å²) < 4.78 is 0. The number of nitrogens with zero attached hydrogens (tertiary/aromatic N) is 3. The van der Waals surface area contributed by atoms with E-state index in [1.807, 2.05) is 12.1 Å². The van der Waals surface area contributed by atoms with Crippen LogP contribution < -0.4 is 0 Å². The van der Waals surface area contributed by atoms with E-state index in [9.17, 15) is 9.59 Å². The second-order valence-corrected chi connectivity index (χ2v) is 10.6. The summed E-state index contributed by atoms with van der Waals surface area (Å²) in [5.41, 5.74) is 2.15. The van der Waals surface area contributed by atoms with E-state index in [2.05, 4.69) is 26.8 Å². The summed E-state index contributed by atoms with van der Waals surface area (Å²) >= 11 is 0. The van der Waals surface area contributed by atoms with Gasteiger partial charge in [0.15, 0.2) is 0 Å². The molecule has 0 atom stereocenters. The first kappa shape index (κ1) is 21.9. The quantitative estimate of drug-likeness (QED) is 0.700. The van der Waals surface area contributed by atoms with Crippen LogP contribution in [0.2, 0.25) is 0 Å². The van der Waals surface area contributed by atoms with E-state index < -0.39 is 0 Å². The van der Waals surface area contributed by atoms with Crippen LogP contribution in [0.1, 0.15) is 73.7 Å². The summed E-state index contributed by atoms with van der Waals surface area (Å²) in [6.07, 6.45) is 11.7. The first-order valence-corrected chi connectivity index (χ1v) is 13.1. The minimum atomic E-state index is 0.195. The molecule has 5 nitrogen and oxygen atoms in total. The number of likely N-dealkylation sites (tertiary alicyclic amines) is 3. The van der Waals surface area contributed by atoms with Gasteiger partial charge in [-0.2, -0.15) is 0 Å². The average Bonchev–Trinajstić information content (AvgIpc) is 3.71. The van der Waals surface area contributed by atoms with Gasteiger partial charge in [-0.05, 0) is 94.5 Å². The van der Waals surface area contributed by atoms with E-state index >= 15 is 0 Å². The number of hydrogen-bond donors (Lipinski definition) is 0. The Balaban J connectivity index is 1.08. The van der Waals surface area contributed by atoms with Crippen LogP contribution in [0.4, 0.5) is 0 Å². The van der Waals surface area contributed by atoms with Crippen molar-refractivity contribution in [1.29, 1.82) is 0 Å². The van der Waals surface area contributed by atoms with Crippen LogP contribution >= 0.6 is 0 Å². The maximum atomic E-state index is 13.0. The molecule has 0 radical (unpaired) electrons.